The molecule has 2 atom stereocenters. The predicted octanol–water partition coefficient (Wildman–Crippen LogP) is 2.97. The van der Waals surface area contributed by atoms with Crippen molar-refractivity contribution in [1.29, 1.82) is 0 Å². The van der Waals surface area contributed by atoms with E-state index in [-0.39, 0.29) is 30.9 Å². The highest BCUT2D eigenvalue weighted by Crippen LogP contribution is 2.33. The number of aliphatic carboxylic acids is 1. The second-order valence-corrected chi connectivity index (χ2v) is 6.44. The van der Waals surface area contributed by atoms with Crippen LogP contribution >= 0.6 is 0 Å². The van der Waals surface area contributed by atoms with Crippen molar-refractivity contribution in [3.63, 3.8) is 0 Å². The molecule has 3 rings (SSSR count). The first-order chi connectivity index (χ1) is 12.9. The van der Waals surface area contributed by atoms with Crippen LogP contribution < -0.4 is 10.6 Å². The summed E-state index contributed by atoms with van der Waals surface area (Å²) in [4.78, 5) is 35.8. The molecule has 7 heteroatoms. The minimum Gasteiger partial charge on any atom is -0.481 e. The zero-order valence-corrected chi connectivity index (χ0v) is 14.4. The lowest BCUT2D eigenvalue weighted by atomic mass is 9.89. The van der Waals surface area contributed by atoms with E-state index >= 15 is 0 Å². The van der Waals surface area contributed by atoms with Gasteiger partial charge in [0.1, 0.15) is 5.82 Å². The quantitative estimate of drug-likeness (QED) is 0.728. The molecule has 0 saturated carbocycles. The minimum absolute atomic E-state index is 0.0507. The Labute approximate surface area is 155 Å². The van der Waals surface area contributed by atoms with E-state index in [4.69, 9.17) is 5.11 Å². The average Bonchev–Trinajstić information content (AvgIpc) is 2.64. The zero-order chi connectivity index (χ0) is 19.4. The number of carbonyl (C=O) groups is 3. The van der Waals surface area contributed by atoms with Crippen molar-refractivity contribution >= 4 is 23.5 Å². The Hall–Kier alpha value is -3.22. The van der Waals surface area contributed by atoms with E-state index in [1.54, 1.807) is 12.1 Å². The van der Waals surface area contributed by atoms with Gasteiger partial charge in [0.2, 0.25) is 11.8 Å². The lowest BCUT2D eigenvalue weighted by Gasteiger charge is -2.27. The van der Waals surface area contributed by atoms with Gasteiger partial charge in [-0.05, 0) is 29.7 Å². The van der Waals surface area contributed by atoms with E-state index in [1.807, 2.05) is 18.2 Å². The van der Waals surface area contributed by atoms with Crippen molar-refractivity contribution in [1.82, 2.24) is 5.32 Å². The number of halogens is 1. The van der Waals surface area contributed by atoms with Crippen molar-refractivity contribution in [3.05, 3.63) is 65.5 Å². The fourth-order valence-corrected chi connectivity index (χ4v) is 3.22. The third-order valence-corrected chi connectivity index (χ3v) is 4.54. The fraction of sp³-hybridized carbons (Fsp3) is 0.250. The van der Waals surface area contributed by atoms with Gasteiger partial charge in [0, 0.05) is 18.5 Å². The second kappa shape index (κ2) is 7.99. The van der Waals surface area contributed by atoms with Gasteiger partial charge >= 0.3 is 5.97 Å². The standard InChI is InChI=1S/C20H19FN2O4/c21-13-6-7-14-15(11-18(24)22-17(14)10-13)20(27)23-16(8-9-19(25)26)12-4-2-1-3-5-12/h1-7,10,15-16H,8-9,11H2,(H,22,24)(H,23,27)(H,25,26). The molecule has 2 unspecified atom stereocenters. The molecular formula is C20H19FN2O4. The number of carbonyl (C=O) groups excluding carboxylic acids is 2. The average molecular weight is 370 g/mol. The number of benzene rings is 2. The van der Waals surface area contributed by atoms with E-state index in [9.17, 15) is 18.8 Å². The summed E-state index contributed by atoms with van der Waals surface area (Å²) in [7, 11) is 0. The van der Waals surface area contributed by atoms with Crippen LogP contribution in [0.4, 0.5) is 10.1 Å². The van der Waals surface area contributed by atoms with Crippen LogP contribution in [-0.4, -0.2) is 22.9 Å². The highest BCUT2D eigenvalue weighted by molar-refractivity contribution is 6.01. The SMILES string of the molecule is O=C(O)CCC(NC(=O)C1CC(=O)Nc2cc(F)ccc21)c1ccccc1. The Balaban J connectivity index is 1.83. The lowest BCUT2D eigenvalue weighted by Crippen LogP contribution is -2.37. The highest BCUT2D eigenvalue weighted by atomic mass is 19.1. The van der Waals surface area contributed by atoms with Crippen molar-refractivity contribution in [2.45, 2.75) is 31.2 Å². The molecule has 1 heterocycles. The van der Waals surface area contributed by atoms with E-state index < -0.39 is 29.7 Å². The Morgan fingerprint density at radius 3 is 2.67 bits per heavy atom. The molecule has 0 saturated heterocycles. The highest BCUT2D eigenvalue weighted by Gasteiger charge is 2.32. The van der Waals surface area contributed by atoms with Gasteiger partial charge in [0.05, 0.1) is 12.0 Å². The minimum atomic E-state index is -0.956. The number of carboxylic acid groups (broad SMARTS) is 1. The topological polar surface area (TPSA) is 95.5 Å². The Kier molecular flexibility index (Phi) is 5.49. The molecule has 140 valence electrons. The zero-order valence-electron chi connectivity index (χ0n) is 14.4. The maximum Gasteiger partial charge on any atom is 0.303 e. The molecule has 1 aliphatic heterocycles. The van der Waals surface area contributed by atoms with Crippen LogP contribution in [0, 0.1) is 5.82 Å². The normalized spacial score (nSPS) is 16.8. The molecule has 2 aromatic carbocycles. The van der Waals surface area contributed by atoms with Crippen LogP contribution in [0.2, 0.25) is 0 Å². The summed E-state index contributed by atoms with van der Waals surface area (Å²) < 4.78 is 13.4. The third-order valence-electron chi connectivity index (χ3n) is 4.54. The number of amides is 2. The van der Waals surface area contributed by atoms with Crippen LogP contribution in [0.3, 0.4) is 0 Å². The Morgan fingerprint density at radius 1 is 1.22 bits per heavy atom. The van der Waals surface area contributed by atoms with Crippen LogP contribution in [-0.2, 0) is 14.4 Å². The van der Waals surface area contributed by atoms with Gasteiger partial charge in [-0.2, -0.15) is 0 Å². The van der Waals surface area contributed by atoms with Gasteiger partial charge in [0.25, 0.3) is 0 Å². The Morgan fingerprint density at radius 2 is 1.96 bits per heavy atom. The van der Waals surface area contributed by atoms with Crippen LogP contribution in [0.1, 0.15) is 42.3 Å². The maximum atomic E-state index is 13.4. The third kappa shape index (κ3) is 4.49. The monoisotopic (exact) mass is 370 g/mol. The summed E-state index contributed by atoms with van der Waals surface area (Å²) >= 11 is 0. The molecule has 27 heavy (non-hydrogen) atoms. The summed E-state index contributed by atoms with van der Waals surface area (Å²) in [5, 5.41) is 14.4. The van der Waals surface area contributed by atoms with Gasteiger partial charge in [-0.15, -0.1) is 0 Å². The molecule has 3 N–H and O–H groups in total. The first kappa shape index (κ1) is 18.6. The Bertz CT molecular complexity index is 870. The lowest BCUT2D eigenvalue weighted by molar-refractivity contribution is -0.137. The van der Waals surface area contributed by atoms with Crippen LogP contribution in [0.15, 0.2) is 48.5 Å². The van der Waals surface area contributed by atoms with Gasteiger partial charge in [0.15, 0.2) is 0 Å². The molecule has 0 spiro atoms. The first-order valence-electron chi connectivity index (χ1n) is 8.60. The van der Waals surface area contributed by atoms with Crippen LogP contribution in [0.25, 0.3) is 0 Å². The number of anilines is 1. The maximum absolute atomic E-state index is 13.4. The second-order valence-electron chi connectivity index (χ2n) is 6.44. The number of rotatable bonds is 6. The summed E-state index contributed by atoms with van der Waals surface area (Å²) in [6, 6.07) is 12.5. The number of nitrogens with one attached hydrogen (secondary N) is 2. The van der Waals surface area contributed by atoms with E-state index in [0.29, 0.717) is 5.56 Å². The molecule has 0 fully saturated rings. The number of carboxylic acids is 1. The summed E-state index contributed by atoms with van der Waals surface area (Å²) in [5.41, 5.74) is 1.61. The van der Waals surface area contributed by atoms with Crippen LogP contribution in [0.5, 0.6) is 0 Å². The van der Waals surface area contributed by atoms with Crippen molar-refractivity contribution in [2.24, 2.45) is 0 Å². The molecule has 0 aliphatic carbocycles. The van der Waals surface area contributed by atoms with Gasteiger partial charge in [-0.25, -0.2) is 4.39 Å². The predicted molar refractivity (Wildman–Crippen MR) is 96.6 cm³/mol. The molecule has 6 nitrogen and oxygen atoms in total. The van der Waals surface area contributed by atoms with Crippen molar-refractivity contribution < 1.29 is 23.9 Å². The largest absolute Gasteiger partial charge is 0.481 e. The molecule has 2 amide bonds. The van der Waals surface area contributed by atoms with Gasteiger partial charge in [-0.1, -0.05) is 36.4 Å². The fourth-order valence-electron chi connectivity index (χ4n) is 3.22. The molecule has 0 bridgehead atoms. The van der Waals surface area contributed by atoms with E-state index in [2.05, 4.69) is 10.6 Å². The van der Waals surface area contributed by atoms with Crippen molar-refractivity contribution in [2.75, 3.05) is 5.32 Å². The number of fused-ring (bicyclic) bond motifs is 1. The van der Waals surface area contributed by atoms with Gasteiger partial charge in [-0.3, -0.25) is 14.4 Å². The van der Waals surface area contributed by atoms with Crippen molar-refractivity contribution in [3.8, 4) is 0 Å². The van der Waals surface area contributed by atoms with E-state index in [0.717, 1.165) is 5.56 Å². The summed E-state index contributed by atoms with van der Waals surface area (Å²) in [6.07, 6.45) is 0.0674. The molecular weight excluding hydrogens is 351 g/mol. The smallest absolute Gasteiger partial charge is 0.303 e. The number of hydrogen-bond donors (Lipinski definition) is 3. The molecule has 0 aromatic heterocycles. The first-order valence-corrected chi connectivity index (χ1v) is 8.60. The summed E-state index contributed by atoms with van der Waals surface area (Å²) in [5.74, 6) is -2.97. The number of hydrogen-bond acceptors (Lipinski definition) is 3. The molecule has 2 aromatic rings. The molecule has 0 radical (unpaired) electrons. The van der Waals surface area contributed by atoms with E-state index in [1.165, 1.54) is 18.2 Å². The molecule has 1 aliphatic rings. The van der Waals surface area contributed by atoms with Gasteiger partial charge < -0.3 is 15.7 Å². The summed E-state index contributed by atoms with van der Waals surface area (Å²) in [6.45, 7) is 0.